The van der Waals surface area contributed by atoms with Gasteiger partial charge in [-0.25, -0.2) is 0 Å². The van der Waals surface area contributed by atoms with Crippen LogP contribution in [-0.4, -0.2) is 55.6 Å². The summed E-state index contributed by atoms with van der Waals surface area (Å²) >= 11 is 0. The summed E-state index contributed by atoms with van der Waals surface area (Å²) in [5.41, 5.74) is 0.394. The quantitative estimate of drug-likeness (QED) is 0.836. The summed E-state index contributed by atoms with van der Waals surface area (Å²) in [6, 6.07) is 4.59. The Balaban J connectivity index is 1.55. The van der Waals surface area contributed by atoms with Crippen molar-refractivity contribution in [3.63, 3.8) is 0 Å². The van der Waals surface area contributed by atoms with E-state index in [1.165, 1.54) is 12.8 Å². The van der Waals surface area contributed by atoms with Gasteiger partial charge in [0.1, 0.15) is 12.4 Å². The average molecular weight is 306 g/mol. The third-order valence-electron chi connectivity index (χ3n) is 5.52. The molecule has 0 bridgehead atoms. The minimum atomic E-state index is 0.122. The molecular weight excluding hydrogens is 280 g/mol. The van der Waals surface area contributed by atoms with Crippen molar-refractivity contribution in [3.8, 4) is 0 Å². The Morgan fingerprint density at radius 3 is 2.77 bits per heavy atom. The third kappa shape index (κ3) is 2.92. The van der Waals surface area contributed by atoms with Crippen molar-refractivity contribution in [2.45, 2.75) is 38.3 Å². The Hall–Kier alpha value is -1.33. The molecule has 22 heavy (non-hydrogen) atoms. The van der Waals surface area contributed by atoms with Gasteiger partial charge >= 0.3 is 0 Å². The summed E-state index contributed by atoms with van der Waals surface area (Å²) in [7, 11) is 3.77. The molecule has 1 aliphatic heterocycles. The fraction of sp³-hybridized carbons (Fsp3) is 0.706. The number of nitrogens with zero attached hydrogens (tertiary/aromatic N) is 2. The summed E-state index contributed by atoms with van der Waals surface area (Å²) in [6.07, 6.45) is 6.49. The van der Waals surface area contributed by atoms with E-state index in [1.54, 1.807) is 13.4 Å². The van der Waals surface area contributed by atoms with Crippen LogP contribution < -0.4 is 0 Å². The molecule has 1 atom stereocenters. The molecule has 1 aromatic rings. The largest absolute Gasteiger partial charge is 0.468 e. The number of ether oxygens (including phenoxy) is 1. The number of piperidine rings is 1. The lowest BCUT2D eigenvalue weighted by Crippen LogP contribution is -2.58. The van der Waals surface area contributed by atoms with Crippen molar-refractivity contribution < 1.29 is 13.9 Å². The van der Waals surface area contributed by atoms with Crippen LogP contribution in [0.15, 0.2) is 22.8 Å². The van der Waals surface area contributed by atoms with Crippen LogP contribution in [0.25, 0.3) is 0 Å². The molecule has 2 fully saturated rings. The van der Waals surface area contributed by atoms with E-state index >= 15 is 0 Å². The molecule has 122 valence electrons. The molecule has 3 rings (SSSR count). The first kappa shape index (κ1) is 15.6. The Labute approximate surface area is 132 Å². The van der Waals surface area contributed by atoms with Crippen molar-refractivity contribution in [3.05, 3.63) is 24.2 Å². The minimum Gasteiger partial charge on any atom is -0.468 e. The van der Waals surface area contributed by atoms with Gasteiger partial charge in [0.25, 0.3) is 0 Å². The normalized spacial score (nSPS) is 23.8. The van der Waals surface area contributed by atoms with E-state index in [-0.39, 0.29) is 12.5 Å². The van der Waals surface area contributed by atoms with Crippen molar-refractivity contribution in [2.75, 3.05) is 33.9 Å². The minimum absolute atomic E-state index is 0.122. The second-order valence-electron chi connectivity index (χ2n) is 6.73. The van der Waals surface area contributed by atoms with Gasteiger partial charge in [-0.05, 0) is 50.3 Å². The van der Waals surface area contributed by atoms with E-state index in [2.05, 4.69) is 11.9 Å². The molecule has 1 saturated heterocycles. The zero-order valence-electron chi connectivity index (χ0n) is 13.6. The summed E-state index contributed by atoms with van der Waals surface area (Å²) < 4.78 is 10.4. The molecule has 5 heteroatoms. The highest BCUT2D eigenvalue weighted by atomic mass is 16.5. The summed E-state index contributed by atoms with van der Waals surface area (Å²) in [4.78, 5) is 16.3. The van der Waals surface area contributed by atoms with Gasteiger partial charge in [0.15, 0.2) is 0 Å². The second kappa shape index (κ2) is 6.42. The smallest absolute Gasteiger partial charge is 0.248 e. The van der Waals surface area contributed by atoms with Crippen LogP contribution in [-0.2, 0) is 16.1 Å². The van der Waals surface area contributed by atoms with Crippen LogP contribution >= 0.6 is 0 Å². The van der Waals surface area contributed by atoms with Crippen LogP contribution in [0.4, 0.5) is 0 Å². The molecule has 1 saturated carbocycles. The Morgan fingerprint density at radius 2 is 2.23 bits per heavy atom. The number of likely N-dealkylation sites (tertiary alicyclic amines) is 1. The maximum absolute atomic E-state index is 11.9. The maximum atomic E-state index is 11.9. The number of amides is 1. The van der Waals surface area contributed by atoms with E-state index in [0.29, 0.717) is 11.5 Å². The fourth-order valence-electron chi connectivity index (χ4n) is 4.13. The second-order valence-corrected chi connectivity index (χ2v) is 6.73. The van der Waals surface area contributed by atoms with E-state index in [0.717, 1.165) is 38.2 Å². The lowest BCUT2D eigenvalue weighted by molar-refractivity contribution is -0.141. The first-order valence-corrected chi connectivity index (χ1v) is 8.14. The topological polar surface area (TPSA) is 45.9 Å². The molecule has 0 radical (unpaired) electrons. The van der Waals surface area contributed by atoms with Crippen LogP contribution in [0, 0.1) is 5.41 Å². The third-order valence-corrected chi connectivity index (χ3v) is 5.52. The molecule has 1 amide bonds. The predicted molar refractivity (Wildman–Crippen MR) is 83.3 cm³/mol. The van der Waals surface area contributed by atoms with Crippen LogP contribution in [0.2, 0.25) is 0 Å². The lowest BCUT2D eigenvalue weighted by atomic mass is 9.58. The van der Waals surface area contributed by atoms with Gasteiger partial charge in [0, 0.05) is 26.2 Å². The van der Waals surface area contributed by atoms with Crippen LogP contribution in [0.5, 0.6) is 0 Å². The van der Waals surface area contributed by atoms with E-state index in [4.69, 9.17) is 9.15 Å². The van der Waals surface area contributed by atoms with Crippen molar-refractivity contribution in [1.82, 2.24) is 9.80 Å². The molecule has 0 N–H and O–H groups in total. The Morgan fingerprint density at radius 1 is 1.45 bits per heavy atom. The van der Waals surface area contributed by atoms with E-state index in [9.17, 15) is 4.79 Å². The first-order valence-electron chi connectivity index (χ1n) is 8.14. The maximum Gasteiger partial charge on any atom is 0.248 e. The number of methoxy groups -OCH3 is 1. The molecular formula is C17H26N2O3. The molecule has 2 heterocycles. The zero-order valence-corrected chi connectivity index (χ0v) is 13.6. The van der Waals surface area contributed by atoms with Gasteiger partial charge in [-0.3, -0.25) is 9.69 Å². The number of furan rings is 1. The SMILES string of the molecule is COCC(=O)N1CCC2(CC[C@@H]2N(C)Cc2ccco2)CC1. The van der Waals surface area contributed by atoms with Gasteiger partial charge in [-0.1, -0.05) is 0 Å². The van der Waals surface area contributed by atoms with Crippen molar-refractivity contribution >= 4 is 5.91 Å². The standard InChI is InChI=1S/C17H26N2O3/c1-18(12-14-4-3-11-22-14)15-5-6-17(15)7-9-19(10-8-17)16(20)13-21-2/h3-4,11,15H,5-10,12-13H2,1-2H3/t15-/m0/s1. The monoisotopic (exact) mass is 306 g/mol. The highest BCUT2D eigenvalue weighted by Crippen LogP contribution is 2.51. The van der Waals surface area contributed by atoms with Gasteiger partial charge in [0.2, 0.25) is 5.91 Å². The molecule has 1 aliphatic carbocycles. The van der Waals surface area contributed by atoms with Crippen molar-refractivity contribution in [2.24, 2.45) is 5.41 Å². The molecule has 1 aromatic heterocycles. The lowest BCUT2D eigenvalue weighted by Gasteiger charge is -2.56. The van der Waals surface area contributed by atoms with Gasteiger partial charge < -0.3 is 14.1 Å². The highest BCUT2D eigenvalue weighted by Gasteiger charge is 2.50. The highest BCUT2D eigenvalue weighted by molar-refractivity contribution is 5.77. The predicted octanol–water partition coefficient (Wildman–Crippen LogP) is 2.13. The van der Waals surface area contributed by atoms with E-state index in [1.807, 2.05) is 17.0 Å². The van der Waals surface area contributed by atoms with Crippen LogP contribution in [0.1, 0.15) is 31.4 Å². The van der Waals surface area contributed by atoms with Crippen molar-refractivity contribution in [1.29, 1.82) is 0 Å². The molecule has 0 aromatic carbocycles. The number of carbonyl (C=O) groups is 1. The van der Waals surface area contributed by atoms with Crippen LogP contribution in [0.3, 0.4) is 0 Å². The number of hydrogen-bond donors (Lipinski definition) is 0. The van der Waals surface area contributed by atoms with Gasteiger partial charge in [0.05, 0.1) is 12.8 Å². The van der Waals surface area contributed by atoms with Gasteiger partial charge in [-0.15, -0.1) is 0 Å². The Bertz CT molecular complexity index is 492. The molecule has 0 unspecified atom stereocenters. The molecule has 2 aliphatic rings. The number of carbonyl (C=O) groups excluding carboxylic acids is 1. The van der Waals surface area contributed by atoms with E-state index < -0.39 is 0 Å². The zero-order chi connectivity index (χ0) is 15.6. The summed E-state index contributed by atoms with van der Waals surface area (Å²) in [6.45, 7) is 2.81. The average Bonchev–Trinajstić information content (AvgIpc) is 2.99. The Kier molecular flexibility index (Phi) is 4.54. The molecule has 5 nitrogen and oxygen atoms in total. The number of rotatable bonds is 5. The fourth-order valence-corrected chi connectivity index (χ4v) is 4.13. The molecule has 1 spiro atoms. The first-order chi connectivity index (χ1) is 10.6. The number of hydrogen-bond acceptors (Lipinski definition) is 4. The van der Waals surface area contributed by atoms with Gasteiger partial charge in [-0.2, -0.15) is 0 Å². The summed E-state index contributed by atoms with van der Waals surface area (Å²) in [5, 5.41) is 0. The summed E-state index contributed by atoms with van der Waals surface area (Å²) in [5.74, 6) is 1.15.